The molecule has 4 heteroatoms. The number of aryl methyl sites for hydroxylation is 1. The molecule has 1 heterocycles. The Bertz CT molecular complexity index is 494. The molecule has 2 rings (SSSR count). The molecule has 0 fully saturated rings. The number of rotatable bonds is 3. The first-order chi connectivity index (χ1) is 7.70. The van der Waals surface area contributed by atoms with Crippen LogP contribution in [0.1, 0.15) is 11.5 Å². The molecule has 1 N–H and O–H groups in total. The fourth-order valence-corrected chi connectivity index (χ4v) is 1.80. The lowest BCUT2D eigenvalue weighted by Gasteiger charge is -2.02. The molecule has 0 saturated heterocycles. The van der Waals surface area contributed by atoms with Crippen molar-refractivity contribution in [2.45, 2.75) is 13.5 Å². The smallest absolute Gasteiger partial charge is 0.208 e. The van der Waals surface area contributed by atoms with Gasteiger partial charge < -0.3 is 9.73 Å². The van der Waals surface area contributed by atoms with Crippen LogP contribution in [0.3, 0.4) is 0 Å². The van der Waals surface area contributed by atoms with Gasteiger partial charge in [0.05, 0.1) is 12.7 Å². The van der Waals surface area contributed by atoms with Crippen molar-refractivity contribution in [3.8, 4) is 11.3 Å². The second-order valence-corrected chi connectivity index (χ2v) is 4.04. The molecule has 2 aromatic rings. The molecule has 0 atom stereocenters. The molecule has 0 saturated carbocycles. The number of nitrogens with zero attached hydrogens (tertiary/aromatic N) is 1. The molecule has 0 aliphatic heterocycles. The summed E-state index contributed by atoms with van der Waals surface area (Å²) in [4.78, 5) is 4.18. The highest BCUT2D eigenvalue weighted by atomic mass is 35.5. The zero-order valence-corrected chi connectivity index (χ0v) is 10.0. The van der Waals surface area contributed by atoms with E-state index in [2.05, 4.69) is 10.3 Å². The molecule has 0 amide bonds. The van der Waals surface area contributed by atoms with Crippen LogP contribution < -0.4 is 5.32 Å². The summed E-state index contributed by atoms with van der Waals surface area (Å²) in [6.45, 7) is 2.63. The Balaban J connectivity index is 2.35. The normalized spacial score (nSPS) is 10.7. The van der Waals surface area contributed by atoms with Crippen molar-refractivity contribution in [3.63, 3.8) is 0 Å². The van der Waals surface area contributed by atoms with Gasteiger partial charge in [-0.3, -0.25) is 0 Å². The Morgan fingerprint density at radius 3 is 2.94 bits per heavy atom. The Hall–Kier alpha value is -1.32. The average molecular weight is 237 g/mol. The van der Waals surface area contributed by atoms with Gasteiger partial charge in [-0.1, -0.05) is 11.6 Å². The van der Waals surface area contributed by atoms with Gasteiger partial charge in [0.15, 0.2) is 5.76 Å². The van der Waals surface area contributed by atoms with Crippen molar-refractivity contribution in [1.29, 1.82) is 0 Å². The first kappa shape index (κ1) is 11.2. The van der Waals surface area contributed by atoms with Gasteiger partial charge >= 0.3 is 0 Å². The van der Waals surface area contributed by atoms with Crippen LogP contribution in [0, 0.1) is 6.92 Å². The van der Waals surface area contributed by atoms with Crippen molar-refractivity contribution in [1.82, 2.24) is 10.3 Å². The van der Waals surface area contributed by atoms with Crippen molar-refractivity contribution in [2.24, 2.45) is 0 Å². The summed E-state index contributed by atoms with van der Waals surface area (Å²) in [6.07, 6.45) is 1.74. The lowest BCUT2D eigenvalue weighted by atomic mass is 10.1. The summed E-state index contributed by atoms with van der Waals surface area (Å²) >= 11 is 5.90. The van der Waals surface area contributed by atoms with Gasteiger partial charge in [-0.05, 0) is 37.7 Å². The molecule has 16 heavy (non-hydrogen) atoms. The van der Waals surface area contributed by atoms with Gasteiger partial charge in [0.25, 0.3) is 0 Å². The van der Waals surface area contributed by atoms with E-state index in [0.717, 1.165) is 21.9 Å². The predicted molar refractivity (Wildman–Crippen MR) is 64.4 cm³/mol. The number of halogens is 1. The predicted octanol–water partition coefficient (Wildman–Crippen LogP) is 3.02. The largest absolute Gasteiger partial charge is 0.439 e. The Kier molecular flexibility index (Phi) is 3.27. The van der Waals surface area contributed by atoms with Gasteiger partial charge in [-0.2, -0.15) is 0 Å². The van der Waals surface area contributed by atoms with Crippen LogP contribution in [0.25, 0.3) is 11.3 Å². The second-order valence-electron chi connectivity index (χ2n) is 3.61. The number of hydrogen-bond donors (Lipinski definition) is 1. The zero-order chi connectivity index (χ0) is 11.5. The first-order valence-electron chi connectivity index (χ1n) is 5.06. The third-order valence-corrected chi connectivity index (χ3v) is 2.57. The van der Waals surface area contributed by atoms with Gasteiger partial charge in [0.2, 0.25) is 5.89 Å². The summed E-state index contributed by atoms with van der Waals surface area (Å²) in [5, 5.41) is 3.73. The summed E-state index contributed by atoms with van der Waals surface area (Å²) in [6, 6.07) is 5.71. The lowest BCUT2D eigenvalue weighted by molar-refractivity contribution is 0.490. The Labute approximate surface area is 99.5 Å². The summed E-state index contributed by atoms with van der Waals surface area (Å²) in [5.74, 6) is 1.46. The molecular weight excluding hydrogens is 224 g/mol. The van der Waals surface area contributed by atoms with Crippen molar-refractivity contribution >= 4 is 11.6 Å². The van der Waals surface area contributed by atoms with Crippen molar-refractivity contribution in [3.05, 3.63) is 40.9 Å². The minimum atomic E-state index is 0.632. The highest BCUT2D eigenvalue weighted by Gasteiger charge is 2.08. The van der Waals surface area contributed by atoms with Crippen LogP contribution in [0.5, 0.6) is 0 Å². The van der Waals surface area contributed by atoms with Crippen LogP contribution >= 0.6 is 11.6 Å². The van der Waals surface area contributed by atoms with Crippen LogP contribution in [0.2, 0.25) is 5.02 Å². The fraction of sp³-hybridized carbons (Fsp3) is 0.250. The maximum absolute atomic E-state index is 5.90. The minimum Gasteiger partial charge on any atom is -0.439 e. The Morgan fingerprint density at radius 1 is 1.44 bits per heavy atom. The van der Waals surface area contributed by atoms with Crippen LogP contribution in [0.15, 0.2) is 28.8 Å². The number of oxazole rings is 1. The number of aromatic nitrogens is 1. The lowest BCUT2D eigenvalue weighted by Crippen LogP contribution is -2.04. The van der Waals surface area contributed by atoms with E-state index in [0.29, 0.717) is 12.4 Å². The van der Waals surface area contributed by atoms with E-state index in [-0.39, 0.29) is 0 Å². The number of nitrogens with one attached hydrogen (secondary N) is 1. The van der Waals surface area contributed by atoms with Gasteiger partial charge in [-0.25, -0.2) is 4.98 Å². The summed E-state index contributed by atoms with van der Waals surface area (Å²) in [7, 11) is 1.86. The zero-order valence-electron chi connectivity index (χ0n) is 9.25. The molecule has 0 aliphatic rings. The molecule has 1 aromatic carbocycles. The van der Waals surface area contributed by atoms with Gasteiger partial charge in [0, 0.05) is 10.6 Å². The van der Waals surface area contributed by atoms with E-state index < -0.39 is 0 Å². The molecule has 0 bridgehead atoms. The topological polar surface area (TPSA) is 38.1 Å². The van der Waals surface area contributed by atoms with Crippen LogP contribution in [0.4, 0.5) is 0 Å². The van der Waals surface area contributed by atoms with E-state index >= 15 is 0 Å². The molecule has 0 radical (unpaired) electrons. The Morgan fingerprint density at radius 2 is 2.25 bits per heavy atom. The fourth-order valence-electron chi connectivity index (χ4n) is 1.57. The van der Waals surface area contributed by atoms with E-state index in [9.17, 15) is 0 Å². The van der Waals surface area contributed by atoms with E-state index in [1.807, 2.05) is 32.2 Å². The summed E-state index contributed by atoms with van der Waals surface area (Å²) < 4.78 is 5.61. The first-order valence-corrected chi connectivity index (χ1v) is 5.44. The monoisotopic (exact) mass is 236 g/mol. The SMILES string of the molecule is CNCc1ncc(-c2ccc(Cl)cc2C)o1. The third kappa shape index (κ3) is 2.26. The van der Waals surface area contributed by atoms with Gasteiger partial charge in [-0.15, -0.1) is 0 Å². The molecular formula is C12H13ClN2O. The molecule has 0 unspecified atom stereocenters. The van der Waals surface area contributed by atoms with Crippen LogP contribution in [-0.4, -0.2) is 12.0 Å². The maximum atomic E-state index is 5.90. The summed E-state index contributed by atoms with van der Waals surface area (Å²) in [5.41, 5.74) is 2.11. The van der Waals surface area contributed by atoms with Gasteiger partial charge in [0.1, 0.15) is 0 Å². The minimum absolute atomic E-state index is 0.632. The third-order valence-electron chi connectivity index (χ3n) is 2.34. The molecule has 0 spiro atoms. The van der Waals surface area contributed by atoms with E-state index in [4.69, 9.17) is 16.0 Å². The molecule has 3 nitrogen and oxygen atoms in total. The molecule has 84 valence electrons. The van der Waals surface area contributed by atoms with Crippen molar-refractivity contribution < 1.29 is 4.42 Å². The number of benzene rings is 1. The van der Waals surface area contributed by atoms with E-state index in [1.165, 1.54) is 0 Å². The number of hydrogen-bond acceptors (Lipinski definition) is 3. The average Bonchev–Trinajstić information content (AvgIpc) is 2.67. The second kappa shape index (κ2) is 4.68. The molecule has 0 aliphatic carbocycles. The highest BCUT2D eigenvalue weighted by Crippen LogP contribution is 2.26. The maximum Gasteiger partial charge on any atom is 0.208 e. The standard InChI is InChI=1S/C12H13ClN2O/c1-8-5-9(13)3-4-10(8)11-6-15-12(16-11)7-14-2/h3-6,14H,7H2,1-2H3. The van der Waals surface area contributed by atoms with Crippen LogP contribution in [-0.2, 0) is 6.54 Å². The van der Waals surface area contributed by atoms with E-state index in [1.54, 1.807) is 6.20 Å². The molecule has 1 aromatic heterocycles. The highest BCUT2D eigenvalue weighted by molar-refractivity contribution is 6.30. The van der Waals surface area contributed by atoms with Crippen molar-refractivity contribution in [2.75, 3.05) is 7.05 Å². The quantitative estimate of drug-likeness (QED) is 0.890.